The summed E-state index contributed by atoms with van der Waals surface area (Å²) >= 11 is 0. The van der Waals surface area contributed by atoms with Crippen LogP contribution < -0.4 is 5.43 Å². The van der Waals surface area contributed by atoms with Gasteiger partial charge in [0.1, 0.15) is 0 Å². The predicted molar refractivity (Wildman–Crippen MR) is 69.8 cm³/mol. The number of carbonyl (C=O) groups is 1. The summed E-state index contributed by atoms with van der Waals surface area (Å²) in [6, 6.07) is 7.11. The summed E-state index contributed by atoms with van der Waals surface area (Å²) in [5.41, 5.74) is 1.90. The third-order valence-electron chi connectivity index (χ3n) is 3.03. The Kier molecular flexibility index (Phi) is 3.46. The molecule has 1 aromatic heterocycles. The molecule has 4 nitrogen and oxygen atoms in total. The molecule has 1 heterocycles. The minimum atomic E-state index is -0.837. The fourth-order valence-corrected chi connectivity index (χ4v) is 2.14. The molecule has 0 aliphatic heterocycles. The number of carboxylic acid groups (broad SMARTS) is 1. The van der Waals surface area contributed by atoms with Crippen LogP contribution in [-0.4, -0.2) is 15.6 Å². The molecule has 0 unspecified atom stereocenters. The zero-order chi connectivity index (χ0) is 13.1. The average molecular weight is 245 g/mol. The van der Waals surface area contributed by atoms with Crippen molar-refractivity contribution in [2.24, 2.45) is 0 Å². The Morgan fingerprint density at radius 1 is 1.33 bits per heavy atom. The zero-order valence-electron chi connectivity index (χ0n) is 10.2. The normalized spacial score (nSPS) is 10.7. The summed E-state index contributed by atoms with van der Waals surface area (Å²) in [5, 5.41) is 9.41. The highest BCUT2D eigenvalue weighted by Crippen LogP contribution is 2.17. The highest BCUT2D eigenvalue weighted by Gasteiger charge is 2.07. The van der Waals surface area contributed by atoms with Gasteiger partial charge in [-0.1, -0.05) is 19.1 Å². The first-order chi connectivity index (χ1) is 8.63. The lowest BCUT2D eigenvalue weighted by Gasteiger charge is -2.12. The van der Waals surface area contributed by atoms with E-state index in [1.807, 2.05) is 23.6 Å². The molecule has 0 saturated heterocycles. The molecule has 18 heavy (non-hydrogen) atoms. The Morgan fingerprint density at radius 2 is 2.11 bits per heavy atom. The van der Waals surface area contributed by atoms with Crippen molar-refractivity contribution in [3.05, 3.63) is 46.2 Å². The number of aryl methyl sites for hydroxylation is 2. The first-order valence-corrected chi connectivity index (χ1v) is 5.96. The van der Waals surface area contributed by atoms with Gasteiger partial charge in [0.05, 0.1) is 11.9 Å². The number of hydrogen-bond acceptors (Lipinski definition) is 2. The number of pyridine rings is 1. The molecule has 0 aliphatic carbocycles. The summed E-state index contributed by atoms with van der Waals surface area (Å²) in [4.78, 5) is 22.5. The van der Waals surface area contributed by atoms with Crippen molar-refractivity contribution in [3.63, 3.8) is 0 Å². The SMILES string of the molecule is CCc1cccc2c(=O)ccn(CCC(=O)O)c12. The van der Waals surface area contributed by atoms with Crippen LogP contribution in [0.4, 0.5) is 0 Å². The molecule has 4 heteroatoms. The van der Waals surface area contributed by atoms with Gasteiger partial charge in [0.15, 0.2) is 5.43 Å². The van der Waals surface area contributed by atoms with Crippen LogP contribution in [0, 0.1) is 0 Å². The topological polar surface area (TPSA) is 59.3 Å². The summed E-state index contributed by atoms with van der Waals surface area (Å²) in [6.07, 6.45) is 2.54. The molecule has 0 spiro atoms. The van der Waals surface area contributed by atoms with E-state index < -0.39 is 5.97 Å². The lowest BCUT2D eigenvalue weighted by molar-refractivity contribution is -0.137. The first kappa shape index (κ1) is 12.4. The minimum absolute atomic E-state index is 0.0214. The van der Waals surface area contributed by atoms with Gasteiger partial charge in [-0.25, -0.2) is 0 Å². The molecule has 1 N–H and O–H groups in total. The highest BCUT2D eigenvalue weighted by atomic mass is 16.4. The Hall–Kier alpha value is -2.10. The van der Waals surface area contributed by atoms with Crippen molar-refractivity contribution in [1.29, 1.82) is 0 Å². The third kappa shape index (κ3) is 2.27. The summed E-state index contributed by atoms with van der Waals surface area (Å²) in [7, 11) is 0. The van der Waals surface area contributed by atoms with E-state index in [0.29, 0.717) is 11.9 Å². The molecule has 2 rings (SSSR count). The largest absolute Gasteiger partial charge is 0.481 e. The minimum Gasteiger partial charge on any atom is -0.481 e. The maximum absolute atomic E-state index is 11.8. The second-order valence-electron chi connectivity index (χ2n) is 4.18. The van der Waals surface area contributed by atoms with E-state index in [9.17, 15) is 9.59 Å². The van der Waals surface area contributed by atoms with Gasteiger partial charge >= 0.3 is 5.97 Å². The van der Waals surface area contributed by atoms with E-state index in [1.165, 1.54) is 6.07 Å². The molecule has 0 amide bonds. The number of aromatic nitrogens is 1. The Morgan fingerprint density at radius 3 is 2.78 bits per heavy atom. The molecule has 0 saturated carbocycles. The number of benzene rings is 1. The van der Waals surface area contributed by atoms with Gasteiger partial charge in [0, 0.05) is 24.2 Å². The molecule has 0 radical (unpaired) electrons. The van der Waals surface area contributed by atoms with Crippen LogP contribution in [0.3, 0.4) is 0 Å². The fourth-order valence-electron chi connectivity index (χ4n) is 2.14. The zero-order valence-corrected chi connectivity index (χ0v) is 10.2. The second kappa shape index (κ2) is 5.04. The van der Waals surface area contributed by atoms with E-state index in [1.54, 1.807) is 12.3 Å². The van der Waals surface area contributed by atoms with Gasteiger partial charge in [-0.3, -0.25) is 9.59 Å². The molecule has 1 aromatic carbocycles. The van der Waals surface area contributed by atoms with Crippen molar-refractivity contribution < 1.29 is 9.90 Å². The van der Waals surface area contributed by atoms with Gasteiger partial charge in [-0.15, -0.1) is 0 Å². The predicted octanol–water partition coefficient (Wildman–Crippen LogP) is 2.04. The van der Waals surface area contributed by atoms with Crippen molar-refractivity contribution in [2.75, 3.05) is 0 Å². The number of aliphatic carboxylic acids is 1. The monoisotopic (exact) mass is 245 g/mol. The van der Waals surface area contributed by atoms with Crippen LogP contribution in [0.1, 0.15) is 18.9 Å². The van der Waals surface area contributed by atoms with Gasteiger partial charge in [-0.2, -0.15) is 0 Å². The molecular formula is C14H15NO3. The van der Waals surface area contributed by atoms with Crippen molar-refractivity contribution in [2.45, 2.75) is 26.3 Å². The lowest BCUT2D eigenvalue weighted by atomic mass is 10.1. The quantitative estimate of drug-likeness (QED) is 0.896. The van der Waals surface area contributed by atoms with E-state index in [0.717, 1.165) is 17.5 Å². The number of carboxylic acids is 1. The first-order valence-electron chi connectivity index (χ1n) is 5.96. The van der Waals surface area contributed by atoms with E-state index in [2.05, 4.69) is 0 Å². The Labute approximate surface area is 104 Å². The molecule has 0 fully saturated rings. The van der Waals surface area contributed by atoms with Crippen LogP contribution in [0.25, 0.3) is 10.9 Å². The van der Waals surface area contributed by atoms with Gasteiger partial charge in [-0.05, 0) is 18.1 Å². The second-order valence-corrected chi connectivity index (χ2v) is 4.18. The maximum atomic E-state index is 11.8. The third-order valence-corrected chi connectivity index (χ3v) is 3.03. The molecule has 0 aliphatic rings. The number of para-hydroxylation sites is 1. The summed E-state index contributed by atoms with van der Waals surface area (Å²) < 4.78 is 1.85. The van der Waals surface area contributed by atoms with Crippen LogP contribution in [0.2, 0.25) is 0 Å². The van der Waals surface area contributed by atoms with Gasteiger partial charge < -0.3 is 9.67 Å². The maximum Gasteiger partial charge on any atom is 0.305 e. The Balaban J connectivity index is 2.62. The van der Waals surface area contributed by atoms with Crippen molar-refractivity contribution >= 4 is 16.9 Å². The number of nitrogens with zero attached hydrogens (tertiary/aromatic N) is 1. The number of hydrogen-bond donors (Lipinski definition) is 1. The number of fused-ring (bicyclic) bond motifs is 1. The number of rotatable bonds is 4. The Bertz CT molecular complexity index is 643. The van der Waals surface area contributed by atoms with Crippen LogP contribution in [0.5, 0.6) is 0 Å². The van der Waals surface area contributed by atoms with Gasteiger partial charge in [0.25, 0.3) is 0 Å². The molecule has 2 aromatic rings. The molecule has 0 bridgehead atoms. The van der Waals surface area contributed by atoms with Crippen molar-refractivity contribution in [1.82, 2.24) is 4.57 Å². The molecular weight excluding hydrogens is 230 g/mol. The fraction of sp³-hybridized carbons (Fsp3) is 0.286. The standard InChI is InChI=1S/C14H15NO3/c1-2-10-4-3-5-11-12(16)6-8-15(14(10)11)9-7-13(17)18/h3-6,8H,2,7,9H2,1H3,(H,17,18). The van der Waals surface area contributed by atoms with E-state index >= 15 is 0 Å². The van der Waals surface area contributed by atoms with E-state index in [4.69, 9.17) is 5.11 Å². The van der Waals surface area contributed by atoms with Crippen molar-refractivity contribution in [3.8, 4) is 0 Å². The summed E-state index contributed by atoms with van der Waals surface area (Å²) in [6.45, 7) is 2.40. The molecule has 0 atom stereocenters. The van der Waals surface area contributed by atoms with Crippen LogP contribution in [0.15, 0.2) is 35.3 Å². The van der Waals surface area contributed by atoms with Crippen LogP contribution in [-0.2, 0) is 17.8 Å². The highest BCUT2D eigenvalue weighted by molar-refractivity contribution is 5.82. The summed E-state index contributed by atoms with van der Waals surface area (Å²) in [5.74, 6) is -0.837. The van der Waals surface area contributed by atoms with Crippen LogP contribution >= 0.6 is 0 Å². The molecule has 94 valence electrons. The lowest BCUT2D eigenvalue weighted by Crippen LogP contribution is -2.12. The van der Waals surface area contributed by atoms with E-state index in [-0.39, 0.29) is 11.8 Å². The van der Waals surface area contributed by atoms with Gasteiger partial charge in [0.2, 0.25) is 0 Å². The average Bonchev–Trinajstić information content (AvgIpc) is 2.37. The smallest absolute Gasteiger partial charge is 0.305 e.